The summed E-state index contributed by atoms with van der Waals surface area (Å²) in [6.07, 6.45) is 0. The Balaban J connectivity index is 1.74. The zero-order valence-corrected chi connectivity index (χ0v) is 15.7. The number of β-lactam (4-membered cyclic amide) rings is 1. The highest BCUT2D eigenvalue weighted by molar-refractivity contribution is 8.00. The molecule has 0 aliphatic carbocycles. The van der Waals surface area contributed by atoms with Crippen LogP contribution in [0.25, 0.3) is 0 Å². The van der Waals surface area contributed by atoms with E-state index in [-0.39, 0.29) is 29.5 Å². The van der Waals surface area contributed by atoms with Crippen LogP contribution in [0.2, 0.25) is 5.02 Å². The van der Waals surface area contributed by atoms with Crippen LogP contribution in [-0.2, 0) is 20.9 Å². The van der Waals surface area contributed by atoms with Gasteiger partial charge in [0.15, 0.2) is 0 Å². The number of alkyl halides is 1. The second kappa shape index (κ2) is 7.45. The zero-order valence-electron chi connectivity index (χ0n) is 13.3. The van der Waals surface area contributed by atoms with E-state index in [1.807, 2.05) is 0 Å². The summed E-state index contributed by atoms with van der Waals surface area (Å²) in [5, 5.41) is 0.187. The van der Waals surface area contributed by atoms with Gasteiger partial charge in [0.1, 0.15) is 29.5 Å². The average Bonchev–Trinajstić information content (AvgIpc) is 2.64. The Kier molecular flexibility index (Phi) is 5.48. The summed E-state index contributed by atoms with van der Waals surface area (Å²) < 4.78 is 10.5. The molecule has 1 amide bonds. The van der Waals surface area contributed by atoms with Crippen molar-refractivity contribution in [3.05, 3.63) is 40.1 Å². The van der Waals surface area contributed by atoms with E-state index < -0.39 is 12.0 Å². The van der Waals surface area contributed by atoms with Crippen LogP contribution in [0.5, 0.6) is 5.75 Å². The molecule has 0 radical (unpaired) electrons. The smallest absolute Gasteiger partial charge is 0.355 e. The van der Waals surface area contributed by atoms with Gasteiger partial charge in [-0.15, -0.1) is 23.4 Å². The first-order valence-electron chi connectivity index (χ1n) is 7.45. The second-order valence-electron chi connectivity index (χ2n) is 5.57. The maximum Gasteiger partial charge on any atom is 0.355 e. The van der Waals surface area contributed by atoms with Crippen LogP contribution in [-0.4, -0.2) is 46.9 Å². The molecule has 25 heavy (non-hydrogen) atoms. The quantitative estimate of drug-likeness (QED) is 0.461. The van der Waals surface area contributed by atoms with Gasteiger partial charge in [0, 0.05) is 11.6 Å². The van der Waals surface area contributed by atoms with Crippen molar-refractivity contribution in [1.29, 1.82) is 0 Å². The lowest BCUT2D eigenvalue weighted by molar-refractivity contribution is -0.151. The van der Waals surface area contributed by atoms with Crippen molar-refractivity contribution >= 4 is 46.8 Å². The topological polar surface area (TPSA) is 81.9 Å². The number of hydrogen-bond donors (Lipinski definition) is 1. The normalized spacial score (nSPS) is 22.4. The van der Waals surface area contributed by atoms with Gasteiger partial charge in [-0.1, -0.05) is 17.7 Å². The number of thioether (sulfide) groups is 1. The molecule has 1 saturated heterocycles. The number of ether oxygens (including phenoxy) is 2. The number of halogens is 2. The summed E-state index contributed by atoms with van der Waals surface area (Å²) in [5.74, 6) is 0.353. The lowest BCUT2D eigenvalue weighted by Gasteiger charge is -2.48. The Morgan fingerprint density at radius 2 is 2.24 bits per heavy atom. The predicted octanol–water partition coefficient (Wildman–Crippen LogP) is 2.13. The lowest BCUT2D eigenvalue weighted by Crippen LogP contribution is -2.68. The monoisotopic (exact) mass is 402 g/mol. The molecule has 2 aliphatic heterocycles. The SMILES string of the molecule is COc1ccc(COC(=O)C2=C(CCl)CS[C@@H]3[C@H](N)C(=O)N23)cc1Cl. The predicted molar refractivity (Wildman–Crippen MR) is 96.6 cm³/mol. The molecule has 1 aromatic carbocycles. The Bertz CT molecular complexity index is 756. The molecule has 0 aromatic heterocycles. The van der Waals surface area contributed by atoms with Gasteiger partial charge in [0.25, 0.3) is 0 Å². The number of benzene rings is 1. The van der Waals surface area contributed by atoms with E-state index in [1.54, 1.807) is 18.2 Å². The fraction of sp³-hybridized carbons (Fsp3) is 0.375. The van der Waals surface area contributed by atoms with Crippen molar-refractivity contribution in [3.8, 4) is 5.75 Å². The Labute approximate surface area is 159 Å². The third-order valence-corrected chi connectivity index (χ3v) is 6.01. The summed E-state index contributed by atoms with van der Waals surface area (Å²) in [7, 11) is 1.52. The average molecular weight is 403 g/mol. The van der Waals surface area contributed by atoms with Crippen LogP contribution in [0.15, 0.2) is 29.5 Å². The molecule has 9 heteroatoms. The molecule has 3 rings (SSSR count). The summed E-state index contributed by atoms with van der Waals surface area (Å²) in [5.41, 5.74) is 7.38. The highest BCUT2D eigenvalue weighted by Gasteiger charge is 2.51. The van der Waals surface area contributed by atoms with Gasteiger partial charge in [-0.25, -0.2) is 4.79 Å². The number of carbonyl (C=O) groups excluding carboxylic acids is 2. The number of esters is 1. The molecule has 2 atom stereocenters. The van der Waals surface area contributed by atoms with Gasteiger partial charge in [-0.3, -0.25) is 9.69 Å². The van der Waals surface area contributed by atoms with Crippen molar-refractivity contribution < 1.29 is 19.1 Å². The van der Waals surface area contributed by atoms with Crippen LogP contribution in [0, 0.1) is 0 Å². The highest BCUT2D eigenvalue weighted by Crippen LogP contribution is 2.40. The van der Waals surface area contributed by atoms with Crippen molar-refractivity contribution in [3.63, 3.8) is 0 Å². The minimum absolute atomic E-state index is 0.0213. The van der Waals surface area contributed by atoms with E-state index in [2.05, 4.69) is 0 Å². The molecule has 0 unspecified atom stereocenters. The van der Waals surface area contributed by atoms with Gasteiger partial charge in [-0.2, -0.15) is 0 Å². The van der Waals surface area contributed by atoms with E-state index >= 15 is 0 Å². The van der Waals surface area contributed by atoms with Gasteiger partial charge in [-0.05, 0) is 23.3 Å². The van der Waals surface area contributed by atoms with E-state index in [9.17, 15) is 9.59 Å². The number of fused-ring (bicyclic) bond motifs is 1. The Morgan fingerprint density at radius 3 is 2.88 bits per heavy atom. The largest absolute Gasteiger partial charge is 0.495 e. The lowest BCUT2D eigenvalue weighted by atomic mass is 10.0. The molecule has 134 valence electrons. The minimum atomic E-state index is -0.593. The van der Waals surface area contributed by atoms with Crippen LogP contribution >= 0.6 is 35.0 Å². The number of nitrogens with zero attached hydrogens (tertiary/aromatic N) is 1. The molecule has 0 spiro atoms. The maximum atomic E-state index is 12.6. The number of carbonyl (C=O) groups is 2. The molecule has 2 aliphatic rings. The number of amides is 1. The minimum Gasteiger partial charge on any atom is -0.495 e. The molecule has 6 nitrogen and oxygen atoms in total. The summed E-state index contributed by atoms with van der Waals surface area (Å²) in [6.45, 7) is 0.0213. The van der Waals surface area contributed by atoms with Crippen molar-refractivity contribution in [2.45, 2.75) is 18.0 Å². The van der Waals surface area contributed by atoms with Gasteiger partial charge in [0.2, 0.25) is 5.91 Å². The van der Waals surface area contributed by atoms with Gasteiger partial charge >= 0.3 is 5.97 Å². The molecule has 2 N–H and O–H groups in total. The fourth-order valence-corrected chi connectivity index (χ4v) is 4.59. The van der Waals surface area contributed by atoms with Crippen molar-refractivity contribution in [2.24, 2.45) is 5.73 Å². The third kappa shape index (κ3) is 3.33. The molecule has 0 saturated carbocycles. The summed E-state index contributed by atoms with van der Waals surface area (Å²) in [4.78, 5) is 26.0. The van der Waals surface area contributed by atoms with Gasteiger partial charge in [0.05, 0.1) is 12.1 Å². The van der Waals surface area contributed by atoms with E-state index in [0.29, 0.717) is 27.7 Å². The van der Waals surface area contributed by atoms with Crippen LogP contribution in [0.1, 0.15) is 5.56 Å². The van der Waals surface area contributed by atoms with Crippen molar-refractivity contribution in [1.82, 2.24) is 4.90 Å². The van der Waals surface area contributed by atoms with Crippen LogP contribution in [0.3, 0.4) is 0 Å². The first-order chi connectivity index (χ1) is 12.0. The van der Waals surface area contributed by atoms with E-state index in [4.69, 9.17) is 38.4 Å². The summed E-state index contributed by atoms with van der Waals surface area (Å²) >= 11 is 13.5. The number of methoxy groups -OCH3 is 1. The first kappa shape index (κ1) is 18.4. The molecular weight excluding hydrogens is 387 g/mol. The standard InChI is InChI=1S/C16H16Cl2N2O4S/c1-23-11-3-2-8(4-10(11)18)6-24-16(22)13-9(5-17)7-25-15-12(19)14(21)20(13)15/h2-4,12,15H,5-7,19H2,1H3/t12-,15-/m1/s1. The van der Waals surface area contributed by atoms with E-state index in [0.717, 1.165) is 0 Å². The molecule has 2 heterocycles. The molecule has 1 aromatic rings. The highest BCUT2D eigenvalue weighted by atomic mass is 35.5. The van der Waals surface area contributed by atoms with Crippen molar-refractivity contribution in [2.75, 3.05) is 18.7 Å². The Hall–Kier alpha value is -1.41. The maximum absolute atomic E-state index is 12.6. The molecule has 1 fully saturated rings. The third-order valence-electron chi connectivity index (χ3n) is 4.03. The van der Waals surface area contributed by atoms with Crippen LogP contribution in [0.4, 0.5) is 0 Å². The molecular formula is C16H16Cl2N2O4S. The number of nitrogens with two attached hydrogens (primary N) is 1. The Morgan fingerprint density at radius 1 is 1.48 bits per heavy atom. The first-order valence-corrected chi connectivity index (χ1v) is 9.41. The fourth-order valence-electron chi connectivity index (χ4n) is 2.69. The molecule has 0 bridgehead atoms. The van der Waals surface area contributed by atoms with Gasteiger partial charge < -0.3 is 15.2 Å². The number of rotatable bonds is 5. The second-order valence-corrected chi connectivity index (χ2v) is 7.35. The van der Waals surface area contributed by atoms with E-state index in [1.165, 1.54) is 23.8 Å². The zero-order chi connectivity index (χ0) is 18.1. The van der Waals surface area contributed by atoms with Crippen LogP contribution < -0.4 is 10.5 Å². The number of hydrogen-bond acceptors (Lipinski definition) is 6. The summed E-state index contributed by atoms with van der Waals surface area (Å²) in [6, 6.07) is 4.51.